The Balaban J connectivity index is 1.83. The van der Waals surface area contributed by atoms with Gasteiger partial charge in [0.1, 0.15) is 11.8 Å². The highest BCUT2D eigenvalue weighted by atomic mass is 16.5. The summed E-state index contributed by atoms with van der Waals surface area (Å²) < 4.78 is 5.42. The van der Waals surface area contributed by atoms with Gasteiger partial charge in [-0.2, -0.15) is 5.26 Å². The van der Waals surface area contributed by atoms with E-state index in [1.165, 1.54) is 4.90 Å². The summed E-state index contributed by atoms with van der Waals surface area (Å²) in [5.41, 5.74) is 2.93. The number of ether oxygens (including phenoxy) is 1. The molecule has 1 aliphatic heterocycles. The molecule has 28 heavy (non-hydrogen) atoms. The second-order valence-corrected chi connectivity index (χ2v) is 6.81. The van der Waals surface area contributed by atoms with Crippen molar-refractivity contribution in [2.24, 2.45) is 0 Å². The van der Waals surface area contributed by atoms with Crippen molar-refractivity contribution in [3.8, 4) is 22.9 Å². The first-order valence-electron chi connectivity index (χ1n) is 9.46. The number of hydrogen-bond acceptors (Lipinski definition) is 4. The lowest BCUT2D eigenvalue weighted by Gasteiger charge is -2.51. The standard InChI is InChI=1S/C22H25N3O3/c1-3-12-24-22(27)25-18(13-23)21(19(25)14-26)16-10-8-15(9-11-16)17-6-4-5-7-20(17)28-2/h4-11,18-19,21,26H,3,12,14H2,1-2H3,(H,24,27)/t18-,19-,21+/m1/s1. The molecule has 3 atom stereocenters. The summed E-state index contributed by atoms with van der Waals surface area (Å²) in [7, 11) is 1.64. The number of benzene rings is 2. The summed E-state index contributed by atoms with van der Waals surface area (Å²) in [6.45, 7) is 2.33. The first-order chi connectivity index (χ1) is 13.7. The van der Waals surface area contributed by atoms with E-state index in [0.29, 0.717) is 6.54 Å². The predicted molar refractivity (Wildman–Crippen MR) is 107 cm³/mol. The van der Waals surface area contributed by atoms with Gasteiger partial charge in [0, 0.05) is 18.0 Å². The molecule has 2 aromatic carbocycles. The summed E-state index contributed by atoms with van der Waals surface area (Å²) in [6, 6.07) is 16.6. The third-order valence-corrected chi connectivity index (χ3v) is 5.21. The molecule has 1 heterocycles. The van der Waals surface area contributed by atoms with E-state index in [2.05, 4.69) is 11.4 Å². The predicted octanol–water partition coefficient (Wildman–Crippen LogP) is 3.13. The zero-order valence-corrected chi connectivity index (χ0v) is 16.1. The van der Waals surface area contributed by atoms with E-state index < -0.39 is 12.1 Å². The number of methoxy groups -OCH3 is 1. The van der Waals surface area contributed by atoms with Crippen LogP contribution in [-0.2, 0) is 0 Å². The second kappa shape index (κ2) is 8.77. The molecule has 1 aliphatic rings. The van der Waals surface area contributed by atoms with Crippen LogP contribution in [0, 0.1) is 11.3 Å². The van der Waals surface area contributed by atoms with Gasteiger partial charge in [0.05, 0.1) is 25.8 Å². The van der Waals surface area contributed by atoms with Gasteiger partial charge in [-0.05, 0) is 23.6 Å². The zero-order chi connectivity index (χ0) is 20.1. The topological polar surface area (TPSA) is 85.6 Å². The Morgan fingerprint density at radius 2 is 1.96 bits per heavy atom. The van der Waals surface area contributed by atoms with Gasteiger partial charge in [0.25, 0.3) is 0 Å². The number of aliphatic hydroxyl groups excluding tert-OH is 1. The summed E-state index contributed by atoms with van der Waals surface area (Å²) in [6.07, 6.45) is 0.814. The fourth-order valence-electron chi connectivity index (χ4n) is 3.78. The van der Waals surface area contributed by atoms with Crippen LogP contribution in [0.3, 0.4) is 0 Å². The minimum Gasteiger partial charge on any atom is -0.496 e. The normalized spacial score (nSPS) is 20.8. The molecule has 0 radical (unpaired) electrons. The van der Waals surface area contributed by atoms with Crippen LogP contribution in [0.25, 0.3) is 11.1 Å². The molecule has 6 heteroatoms. The SMILES string of the molecule is CCCNC(=O)N1[C@H](C#N)[C@H](c2ccc(-c3ccccc3OC)cc2)[C@H]1CO. The highest BCUT2D eigenvalue weighted by Gasteiger charge is 2.51. The molecule has 2 aromatic rings. The number of nitrogens with one attached hydrogen (secondary N) is 1. The molecule has 2 N–H and O–H groups in total. The van der Waals surface area contributed by atoms with E-state index in [9.17, 15) is 15.2 Å². The van der Waals surface area contributed by atoms with E-state index in [-0.39, 0.29) is 18.6 Å². The number of likely N-dealkylation sites (tertiary alicyclic amines) is 1. The zero-order valence-electron chi connectivity index (χ0n) is 16.1. The number of nitrogens with zero attached hydrogens (tertiary/aromatic N) is 2. The van der Waals surface area contributed by atoms with Gasteiger partial charge >= 0.3 is 6.03 Å². The number of hydrogen-bond donors (Lipinski definition) is 2. The largest absolute Gasteiger partial charge is 0.496 e. The lowest BCUT2D eigenvalue weighted by Crippen LogP contribution is -2.67. The Bertz CT molecular complexity index is 860. The van der Waals surface area contributed by atoms with Crippen LogP contribution in [0.1, 0.15) is 24.8 Å². The van der Waals surface area contributed by atoms with E-state index in [1.807, 2.05) is 55.5 Å². The maximum Gasteiger partial charge on any atom is 0.318 e. The number of nitriles is 1. The van der Waals surface area contributed by atoms with Crippen molar-refractivity contribution in [2.75, 3.05) is 20.3 Å². The monoisotopic (exact) mass is 379 g/mol. The molecule has 1 fully saturated rings. The van der Waals surface area contributed by atoms with Crippen LogP contribution in [0.15, 0.2) is 48.5 Å². The highest BCUT2D eigenvalue weighted by molar-refractivity contribution is 5.77. The van der Waals surface area contributed by atoms with Crippen LogP contribution in [0.2, 0.25) is 0 Å². The molecule has 0 aromatic heterocycles. The van der Waals surface area contributed by atoms with E-state index >= 15 is 0 Å². The summed E-state index contributed by atoms with van der Waals surface area (Å²) >= 11 is 0. The van der Waals surface area contributed by atoms with Crippen LogP contribution >= 0.6 is 0 Å². The molecule has 0 aliphatic carbocycles. The van der Waals surface area contributed by atoms with E-state index in [1.54, 1.807) is 7.11 Å². The molecule has 0 unspecified atom stereocenters. The number of rotatable bonds is 6. The van der Waals surface area contributed by atoms with Gasteiger partial charge < -0.3 is 20.1 Å². The molecular weight excluding hydrogens is 354 g/mol. The first kappa shape index (κ1) is 19.7. The van der Waals surface area contributed by atoms with Gasteiger partial charge in [0.2, 0.25) is 0 Å². The number of urea groups is 1. The molecular formula is C22H25N3O3. The van der Waals surface area contributed by atoms with Crippen molar-refractivity contribution in [1.82, 2.24) is 10.2 Å². The van der Waals surface area contributed by atoms with Crippen molar-refractivity contribution in [1.29, 1.82) is 5.26 Å². The molecule has 0 saturated carbocycles. The third-order valence-electron chi connectivity index (χ3n) is 5.21. The number of amides is 2. The summed E-state index contributed by atoms with van der Waals surface area (Å²) in [5, 5.41) is 22.2. The van der Waals surface area contributed by atoms with Crippen LogP contribution < -0.4 is 10.1 Å². The molecule has 2 amide bonds. The lowest BCUT2D eigenvalue weighted by molar-refractivity contribution is 0.0169. The van der Waals surface area contributed by atoms with E-state index in [4.69, 9.17) is 4.74 Å². The average Bonchev–Trinajstić information content (AvgIpc) is 2.72. The number of carbonyl (C=O) groups excluding carboxylic acids is 1. The van der Waals surface area contributed by atoms with Crippen molar-refractivity contribution < 1.29 is 14.6 Å². The van der Waals surface area contributed by atoms with Gasteiger partial charge in [0.15, 0.2) is 0 Å². The molecule has 3 rings (SSSR count). The quantitative estimate of drug-likeness (QED) is 0.807. The Kier molecular flexibility index (Phi) is 6.17. The molecule has 0 bridgehead atoms. The summed E-state index contributed by atoms with van der Waals surface area (Å²) in [4.78, 5) is 13.8. The van der Waals surface area contributed by atoms with Gasteiger partial charge in [-0.15, -0.1) is 0 Å². The Hall–Kier alpha value is -3.04. The van der Waals surface area contributed by atoms with Crippen molar-refractivity contribution >= 4 is 6.03 Å². The van der Waals surface area contributed by atoms with Crippen molar-refractivity contribution in [3.63, 3.8) is 0 Å². The fraction of sp³-hybridized carbons (Fsp3) is 0.364. The summed E-state index contributed by atoms with van der Waals surface area (Å²) in [5.74, 6) is 0.579. The van der Waals surface area contributed by atoms with Crippen LogP contribution in [0.5, 0.6) is 5.75 Å². The maximum absolute atomic E-state index is 12.3. The third kappa shape index (κ3) is 3.54. The lowest BCUT2D eigenvalue weighted by atomic mass is 9.75. The van der Waals surface area contributed by atoms with Crippen molar-refractivity contribution in [3.05, 3.63) is 54.1 Å². The molecule has 6 nitrogen and oxygen atoms in total. The van der Waals surface area contributed by atoms with Gasteiger partial charge in [-0.3, -0.25) is 0 Å². The van der Waals surface area contributed by atoms with Crippen molar-refractivity contribution in [2.45, 2.75) is 31.3 Å². The highest BCUT2D eigenvalue weighted by Crippen LogP contribution is 2.41. The maximum atomic E-state index is 12.3. The van der Waals surface area contributed by atoms with Gasteiger partial charge in [-0.1, -0.05) is 49.4 Å². The Morgan fingerprint density at radius 3 is 2.57 bits per heavy atom. The Morgan fingerprint density at radius 1 is 1.25 bits per heavy atom. The minimum absolute atomic E-state index is 0.184. The van der Waals surface area contributed by atoms with Crippen LogP contribution in [0.4, 0.5) is 4.79 Å². The fourth-order valence-corrected chi connectivity index (χ4v) is 3.78. The number of aliphatic hydroxyl groups is 1. The Labute approximate surface area is 165 Å². The van der Waals surface area contributed by atoms with E-state index in [0.717, 1.165) is 28.9 Å². The number of para-hydroxylation sites is 1. The number of carbonyl (C=O) groups is 1. The molecule has 146 valence electrons. The average molecular weight is 379 g/mol. The minimum atomic E-state index is -0.592. The smallest absolute Gasteiger partial charge is 0.318 e. The second-order valence-electron chi connectivity index (χ2n) is 6.81. The molecule has 1 saturated heterocycles. The first-order valence-corrected chi connectivity index (χ1v) is 9.46. The van der Waals surface area contributed by atoms with Gasteiger partial charge in [-0.25, -0.2) is 4.79 Å². The molecule has 0 spiro atoms. The van der Waals surface area contributed by atoms with Crippen LogP contribution in [-0.4, -0.2) is 48.4 Å².